The summed E-state index contributed by atoms with van der Waals surface area (Å²) in [5, 5.41) is 16.5. The molecule has 0 spiro atoms. The number of hydrogen-bond donors (Lipinski definition) is 1. The van der Waals surface area contributed by atoms with Crippen molar-refractivity contribution in [2.24, 2.45) is 0 Å². The minimum absolute atomic E-state index is 0.147. The smallest absolute Gasteiger partial charge is 0.309 e. The largest absolute Gasteiger partial charge is 0.481 e. The Morgan fingerprint density at radius 1 is 1.32 bits per heavy atom. The molecule has 128 valence electrons. The lowest BCUT2D eigenvalue weighted by Crippen LogP contribution is -2.23. The summed E-state index contributed by atoms with van der Waals surface area (Å²) >= 11 is 1.91. The standard InChI is InChI=1S/C20H20N2O2S/c1-13-8-18-17(20(2,3)6-7-25-18)10-15(13)5-4-14-9-16(11-19(23)24)22-21-12-14/h8-10,12H,6-7,11H2,1-3H3,(H,23,24). The number of nitrogens with zero attached hydrogens (tertiary/aromatic N) is 2. The summed E-state index contributed by atoms with van der Waals surface area (Å²) in [7, 11) is 0. The summed E-state index contributed by atoms with van der Waals surface area (Å²) in [6.45, 7) is 6.64. The van der Waals surface area contributed by atoms with Crippen molar-refractivity contribution in [3.05, 3.63) is 52.3 Å². The van der Waals surface area contributed by atoms with E-state index in [-0.39, 0.29) is 11.8 Å². The number of carboxylic acid groups (broad SMARTS) is 1. The predicted molar refractivity (Wildman–Crippen MR) is 98.9 cm³/mol. The van der Waals surface area contributed by atoms with Crippen molar-refractivity contribution in [2.45, 2.75) is 43.9 Å². The van der Waals surface area contributed by atoms with E-state index in [0.29, 0.717) is 11.3 Å². The predicted octanol–water partition coefficient (Wildman–Crippen LogP) is 3.59. The highest BCUT2D eigenvalue weighted by molar-refractivity contribution is 7.99. The topological polar surface area (TPSA) is 63.1 Å². The van der Waals surface area contributed by atoms with E-state index in [1.807, 2.05) is 11.8 Å². The average molecular weight is 352 g/mol. The van der Waals surface area contributed by atoms with E-state index in [0.717, 1.165) is 23.3 Å². The number of carbonyl (C=O) groups is 1. The molecule has 2 aromatic rings. The summed E-state index contributed by atoms with van der Waals surface area (Å²) < 4.78 is 0. The van der Waals surface area contributed by atoms with Gasteiger partial charge in [-0.25, -0.2) is 0 Å². The van der Waals surface area contributed by atoms with Crippen molar-refractivity contribution >= 4 is 17.7 Å². The normalized spacial score (nSPS) is 15.0. The van der Waals surface area contributed by atoms with E-state index in [4.69, 9.17) is 5.11 Å². The first-order valence-corrected chi connectivity index (χ1v) is 9.17. The second-order valence-electron chi connectivity index (χ2n) is 6.90. The summed E-state index contributed by atoms with van der Waals surface area (Å²) in [6.07, 6.45) is 2.57. The molecule has 0 radical (unpaired) electrons. The zero-order chi connectivity index (χ0) is 18.0. The molecule has 0 unspecified atom stereocenters. The maximum atomic E-state index is 10.8. The number of aliphatic carboxylic acids is 1. The van der Waals surface area contributed by atoms with E-state index in [9.17, 15) is 4.79 Å². The van der Waals surface area contributed by atoms with Crippen LogP contribution in [0.2, 0.25) is 0 Å². The molecule has 1 N–H and O–H groups in total. The molecule has 2 heterocycles. The van der Waals surface area contributed by atoms with Gasteiger partial charge in [0.25, 0.3) is 0 Å². The van der Waals surface area contributed by atoms with Crippen LogP contribution in [0.5, 0.6) is 0 Å². The van der Waals surface area contributed by atoms with Gasteiger partial charge in [-0.05, 0) is 53.8 Å². The molecule has 0 aliphatic carbocycles. The van der Waals surface area contributed by atoms with Gasteiger partial charge in [-0.15, -0.1) is 11.8 Å². The Hall–Kier alpha value is -2.32. The number of hydrogen-bond acceptors (Lipinski definition) is 4. The number of carboxylic acids is 1. The fraction of sp³-hybridized carbons (Fsp3) is 0.350. The van der Waals surface area contributed by atoms with Crippen LogP contribution in [0, 0.1) is 18.8 Å². The first-order valence-electron chi connectivity index (χ1n) is 8.18. The molecule has 1 aliphatic heterocycles. The average Bonchev–Trinajstić information content (AvgIpc) is 2.52. The number of fused-ring (bicyclic) bond motifs is 1. The SMILES string of the molecule is Cc1cc2c(cc1C#Cc1cnnc(CC(=O)O)c1)C(C)(C)CCS2. The van der Waals surface area contributed by atoms with Crippen molar-refractivity contribution in [3.8, 4) is 11.8 Å². The van der Waals surface area contributed by atoms with Crippen LogP contribution >= 0.6 is 11.8 Å². The molecule has 0 atom stereocenters. The van der Waals surface area contributed by atoms with Gasteiger partial charge in [-0.1, -0.05) is 25.7 Å². The molecular formula is C20H20N2O2S. The maximum absolute atomic E-state index is 10.8. The van der Waals surface area contributed by atoms with Gasteiger partial charge in [0.2, 0.25) is 0 Å². The van der Waals surface area contributed by atoms with Crippen molar-refractivity contribution in [3.63, 3.8) is 0 Å². The number of aromatic nitrogens is 2. The summed E-state index contributed by atoms with van der Waals surface area (Å²) in [4.78, 5) is 12.2. The van der Waals surface area contributed by atoms with E-state index >= 15 is 0 Å². The molecule has 5 heteroatoms. The third kappa shape index (κ3) is 4.02. The molecule has 3 rings (SSSR count). The fourth-order valence-corrected chi connectivity index (χ4v) is 4.46. The van der Waals surface area contributed by atoms with E-state index in [1.54, 1.807) is 12.3 Å². The van der Waals surface area contributed by atoms with Crippen LogP contribution in [0.25, 0.3) is 0 Å². The maximum Gasteiger partial charge on any atom is 0.309 e. The van der Waals surface area contributed by atoms with Crippen molar-refractivity contribution < 1.29 is 9.90 Å². The first-order chi connectivity index (χ1) is 11.8. The second-order valence-corrected chi connectivity index (χ2v) is 8.04. The Balaban J connectivity index is 1.95. The highest BCUT2D eigenvalue weighted by Gasteiger charge is 2.28. The van der Waals surface area contributed by atoms with Crippen LogP contribution in [0.3, 0.4) is 0 Å². The first kappa shape index (κ1) is 17.5. The van der Waals surface area contributed by atoms with Gasteiger partial charge in [-0.2, -0.15) is 10.2 Å². The highest BCUT2D eigenvalue weighted by Crippen LogP contribution is 2.42. The Morgan fingerprint density at radius 3 is 2.88 bits per heavy atom. The van der Waals surface area contributed by atoms with Crippen LogP contribution in [-0.2, 0) is 16.6 Å². The molecule has 0 bridgehead atoms. The minimum Gasteiger partial charge on any atom is -0.481 e. The van der Waals surface area contributed by atoms with Crippen LogP contribution in [0.15, 0.2) is 29.3 Å². The Bertz CT molecular complexity index is 894. The van der Waals surface area contributed by atoms with Gasteiger partial charge in [0.05, 0.1) is 18.3 Å². The lowest BCUT2D eigenvalue weighted by Gasteiger charge is -2.32. The summed E-state index contributed by atoms with van der Waals surface area (Å²) in [5.74, 6) is 6.55. The van der Waals surface area contributed by atoms with Crippen molar-refractivity contribution in [2.75, 3.05) is 5.75 Å². The Kier molecular flexibility index (Phi) is 4.82. The Labute approximate surface area is 152 Å². The van der Waals surface area contributed by atoms with Crippen molar-refractivity contribution in [1.29, 1.82) is 0 Å². The van der Waals surface area contributed by atoms with Crippen LogP contribution in [-0.4, -0.2) is 27.0 Å². The molecule has 1 aromatic heterocycles. The molecule has 1 aliphatic rings. The third-order valence-corrected chi connectivity index (χ3v) is 5.48. The monoisotopic (exact) mass is 352 g/mol. The molecule has 0 amide bonds. The third-order valence-electron chi connectivity index (χ3n) is 4.42. The van der Waals surface area contributed by atoms with Crippen molar-refractivity contribution in [1.82, 2.24) is 10.2 Å². The van der Waals surface area contributed by atoms with Crippen LogP contribution in [0.1, 0.15) is 48.2 Å². The zero-order valence-corrected chi connectivity index (χ0v) is 15.4. The van der Waals surface area contributed by atoms with Gasteiger partial charge in [0, 0.05) is 16.0 Å². The molecule has 0 saturated carbocycles. The fourth-order valence-electron chi connectivity index (χ4n) is 2.88. The van der Waals surface area contributed by atoms with E-state index < -0.39 is 5.97 Å². The van der Waals surface area contributed by atoms with Gasteiger partial charge in [-0.3, -0.25) is 4.79 Å². The van der Waals surface area contributed by atoms with Gasteiger partial charge in [0.15, 0.2) is 0 Å². The number of thioether (sulfide) groups is 1. The van der Waals surface area contributed by atoms with Gasteiger partial charge in [0.1, 0.15) is 0 Å². The lowest BCUT2D eigenvalue weighted by atomic mass is 9.80. The Morgan fingerprint density at radius 2 is 2.12 bits per heavy atom. The summed E-state index contributed by atoms with van der Waals surface area (Å²) in [6, 6.07) is 6.11. The van der Waals surface area contributed by atoms with E-state index in [2.05, 4.69) is 54.9 Å². The quantitative estimate of drug-likeness (QED) is 0.837. The number of rotatable bonds is 2. The molecule has 0 saturated heterocycles. The van der Waals surface area contributed by atoms with Crippen LogP contribution < -0.4 is 0 Å². The number of aryl methyl sites for hydroxylation is 1. The van der Waals surface area contributed by atoms with E-state index in [1.165, 1.54) is 10.5 Å². The molecular weight excluding hydrogens is 332 g/mol. The molecule has 4 nitrogen and oxygen atoms in total. The second kappa shape index (κ2) is 6.89. The highest BCUT2D eigenvalue weighted by atomic mass is 32.2. The number of benzene rings is 1. The van der Waals surface area contributed by atoms with Gasteiger partial charge < -0.3 is 5.11 Å². The molecule has 0 fully saturated rings. The van der Waals surface area contributed by atoms with Gasteiger partial charge >= 0.3 is 5.97 Å². The summed E-state index contributed by atoms with van der Waals surface area (Å²) in [5.41, 5.74) is 4.78. The van der Waals surface area contributed by atoms with Crippen LogP contribution in [0.4, 0.5) is 0 Å². The zero-order valence-electron chi connectivity index (χ0n) is 14.6. The molecule has 25 heavy (non-hydrogen) atoms. The lowest BCUT2D eigenvalue weighted by molar-refractivity contribution is -0.136. The minimum atomic E-state index is -0.926. The molecule has 1 aromatic carbocycles.